The first-order chi connectivity index (χ1) is 10.5. The van der Waals surface area contributed by atoms with E-state index in [0.717, 1.165) is 5.56 Å². The number of amides is 1. The van der Waals surface area contributed by atoms with Crippen LogP contribution in [0.5, 0.6) is 0 Å². The van der Waals surface area contributed by atoms with E-state index in [1.54, 1.807) is 0 Å². The van der Waals surface area contributed by atoms with Crippen molar-refractivity contribution < 1.29 is 14.7 Å². The maximum atomic E-state index is 12.0. The fraction of sp³-hybridized carbons (Fsp3) is 0.333. The second-order valence-corrected chi connectivity index (χ2v) is 5.20. The lowest BCUT2D eigenvalue weighted by Crippen LogP contribution is -2.28. The molecule has 0 aliphatic carbocycles. The summed E-state index contributed by atoms with van der Waals surface area (Å²) in [4.78, 5) is 23.1. The van der Waals surface area contributed by atoms with Crippen molar-refractivity contribution in [3.8, 4) is 0 Å². The standard InChI is InChI=1S/C15H18N4O3/c1-10(2)14-13(15(21)22)17-18-19(14)9-12(20)16-8-11-6-4-3-5-7-11/h3-7,10H,8-9H2,1-2H3,(H,16,20)(H,21,22). The average Bonchev–Trinajstić information content (AvgIpc) is 2.90. The number of carbonyl (C=O) groups excluding carboxylic acids is 1. The number of carboxylic acids is 1. The molecular weight excluding hydrogens is 284 g/mol. The molecule has 0 aliphatic heterocycles. The van der Waals surface area contributed by atoms with Crippen molar-refractivity contribution in [2.24, 2.45) is 0 Å². The number of rotatable bonds is 6. The Morgan fingerprint density at radius 2 is 1.95 bits per heavy atom. The van der Waals surface area contributed by atoms with E-state index in [1.807, 2.05) is 44.2 Å². The number of nitrogens with one attached hydrogen (secondary N) is 1. The molecule has 0 bridgehead atoms. The Bertz CT molecular complexity index is 665. The molecule has 2 N–H and O–H groups in total. The number of nitrogens with zero attached hydrogens (tertiary/aromatic N) is 3. The van der Waals surface area contributed by atoms with Crippen molar-refractivity contribution in [3.05, 3.63) is 47.3 Å². The number of aromatic carboxylic acids is 1. The maximum Gasteiger partial charge on any atom is 0.358 e. The lowest BCUT2D eigenvalue weighted by atomic mass is 10.1. The summed E-state index contributed by atoms with van der Waals surface area (Å²) in [6.45, 7) is 4.03. The first kappa shape index (κ1) is 15.7. The van der Waals surface area contributed by atoms with Crippen LogP contribution in [0.1, 0.15) is 41.5 Å². The minimum atomic E-state index is -1.14. The summed E-state index contributed by atoms with van der Waals surface area (Å²) in [5.74, 6) is -1.48. The van der Waals surface area contributed by atoms with Crippen LogP contribution < -0.4 is 5.32 Å². The van der Waals surface area contributed by atoms with Crippen LogP contribution in [-0.4, -0.2) is 32.0 Å². The Hall–Kier alpha value is -2.70. The van der Waals surface area contributed by atoms with Crippen LogP contribution in [0, 0.1) is 0 Å². The van der Waals surface area contributed by atoms with E-state index in [4.69, 9.17) is 5.11 Å². The highest BCUT2D eigenvalue weighted by Crippen LogP contribution is 2.17. The number of aromatic nitrogens is 3. The second kappa shape index (κ2) is 6.84. The molecule has 0 spiro atoms. The van der Waals surface area contributed by atoms with Crippen molar-refractivity contribution in [1.82, 2.24) is 20.3 Å². The third-order valence-corrected chi connectivity index (χ3v) is 3.15. The number of hydrogen-bond acceptors (Lipinski definition) is 4. The van der Waals surface area contributed by atoms with Crippen molar-refractivity contribution in [2.75, 3.05) is 0 Å². The molecule has 1 aromatic carbocycles. The fourth-order valence-corrected chi connectivity index (χ4v) is 2.15. The quantitative estimate of drug-likeness (QED) is 0.841. The summed E-state index contributed by atoms with van der Waals surface area (Å²) in [6.07, 6.45) is 0. The molecule has 7 nitrogen and oxygen atoms in total. The predicted octanol–water partition coefficient (Wildman–Crippen LogP) is 1.42. The molecule has 0 saturated heterocycles. The first-order valence-electron chi connectivity index (χ1n) is 6.96. The number of carbonyl (C=O) groups is 2. The topological polar surface area (TPSA) is 97.1 Å². The van der Waals surface area contributed by atoms with Crippen LogP contribution in [0.3, 0.4) is 0 Å². The summed E-state index contributed by atoms with van der Waals surface area (Å²) < 4.78 is 1.34. The molecule has 0 unspecified atom stereocenters. The SMILES string of the molecule is CC(C)c1c(C(=O)O)nnn1CC(=O)NCc1ccccc1. The molecule has 1 aromatic heterocycles. The molecule has 2 rings (SSSR count). The fourth-order valence-electron chi connectivity index (χ4n) is 2.15. The van der Waals surface area contributed by atoms with Gasteiger partial charge in [-0.2, -0.15) is 0 Å². The van der Waals surface area contributed by atoms with E-state index in [2.05, 4.69) is 15.6 Å². The zero-order chi connectivity index (χ0) is 16.1. The van der Waals surface area contributed by atoms with Gasteiger partial charge in [-0.15, -0.1) is 5.10 Å². The normalized spacial score (nSPS) is 10.7. The van der Waals surface area contributed by atoms with Gasteiger partial charge in [0.05, 0.1) is 5.69 Å². The van der Waals surface area contributed by atoms with Crippen LogP contribution in [0.15, 0.2) is 30.3 Å². The van der Waals surface area contributed by atoms with Gasteiger partial charge in [0.15, 0.2) is 5.69 Å². The molecule has 0 fully saturated rings. The lowest BCUT2D eigenvalue weighted by molar-refractivity contribution is -0.122. The van der Waals surface area contributed by atoms with Crippen LogP contribution >= 0.6 is 0 Å². The van der Waals surface area contributed by atoms with E-state index >= 15 is 0 Å². The third kappa shape index (κ3) is 3.69. The highest BCUT2D eigenvalue weighted by molar-refractivity contribution is 5.86. The molecule has 1 amide bonds. The highest BCUT2D eigenvalue weighted by atomic mass is 16.4. The second-order valence-electron chi connectivity index (χ2n) is 5.20. The summed E-state index contributed by atoms with van der Waals surface area (Å²) in [5.41, 5.74) is 1.33. The molecule has 0 aliphatic rings. The molecule has 1 heterocycles. The zero-order valence-corrected chi connectivity index (χ0v) is 12.5. The van der Waals surface area contributed by atoms with Gasteiger partial charge in [0.2, 0.25) is 5.91 Å². The Kier molecular flexibility index (Phi) is 4.88. The number of carboxylic acid groups (broad SMARTS) is 1. The Morgan fingerprint density at radius 1 is 1.27 bits per heavy atom. The smallest absolute Gasteiger partial charge is 0.358 e. The summed E-state index contributed by atoms with van der Waals surface area (Å²) >= 11 is 0. The van der Waals surface area contributed by atoms with E-state index in [9.17, 15) is 9.59 Å². The van der Waals surface area contributed by atoms with E-state index in [0.29, 0.717) is 12.2 Å². The predicted molar refractivity (Wildman–Crippen MR) is 79.4 cm³/mol. The summed E-state index contributed by atoms with van der Waals surface area (Å²) in [6, 6.07) is 9.53. The molecule has 0 atom stereocenters. The zero-order valence-electron chi connectivity index (χ0n) is 12.5. The minimum Gasteiger partial charge on any atom is -0.476 e. The number of benzene rings is 1. The van der Waals surface area contributed by atoms with Crippen molar-refractivity contribution >= 4 is 11.9 Å². The van der Waals surface area contributed by atoms with Gasteiger partial charge < -0.3 is 10.4 Å². The van der Waals surface area contributed by atoms with E-state index in [-0.39, 0.29) is 24.1 Å². The summed E-state index contributed by atoms with van der Waals surface area (Å²) in [5, 5.41) is 19.3. The van der Waals surface area contributed by atoms with Crippen molar-refractivity contribution in [1.29, 1.82) is 0 Å². The highest BCUT2D eigenvalue weighted by Gasteiger charge is 2.22. The van der Waals surface area contributed by atoms with Gasteiger partial charge in [-0.05, 0) is 11.5 Å². The van der Waals surface area contributed by atoms with Crippen LogP contribution in [0.25, 0.3) is 0 Å². The van der Waals surface area contributed by atoms with E-state index < -0.39 is 5.97 Å². The first-order valence-corrected chi connectivity index (χ1v) is 6.96. The van der Waals surface area contributed by atoms with Crippen LogP contribution in [0.4, 0.5) is 0 Å². The average molecular weight is 302 g/mol. The van der Waals surface area contributed by atoms with Gasteiger partial charge >= 0.3 is 5.97 Å². The molecule has 0 saturated carbocycles. The van der Waals surface area contributed by atoms with Crippen LogP contribution in [-0.2, 0) is 17.9 Å². The third-order valence-electron chi connectivity index (χ3n) is 3.15. The molecule has 2 aromatic rings. The molecule has 7 heteroatoms. The Labute approximate surface area is 128 Å². The number of hydrogen-bond donors (Lipinski definition) is 2. The van der Waals surface area contributed by atoms with Crippen molar-refractivity contribution in [2.45, 2.75) is 32.9 Å². The Balaban J connectivity index is 2.04. The van der Waals surface area contributed by atoms with E-state index in [1.165, 1.54) is 4.68 Å². The van der Waals surface area contributed by atoms with Crippen molar-refractivity contribution in [3.63, 3.8) is 0 Å². The molecule has 0 radical (unpaired) electrons. The Morgan fingerprint density at radius 3 is 2.55 bits per heavy atom. The molecule has 116 valence electrons. The van der Waals surface area contributed by atoms with Crippen LogP contribution in [0.2, 0.25) is 0 Å². The summed E-state index contributed by atoms with van der Waals surface area (Å²) in [7, 11) is 0. The van der Waals surface area contributed by atoms with Gasteiger partial charge in [-0.3, -0.25) is 4.79 Å². The molecule has 22 heavy (non-hydrogen) atoms. The largest absolute Gasteiger partial charge is 0.476 e. The van der Waals surface area contributed by atoms with Gasteiger partial charge in [-0.25, -0.2) is 9.48 Å². The maximum absolute atomic E-state index is 12.0. The van der Waals surface area contributed by atoms with Gasteiger partial charge in [0, 0.05) is 6.54 Å². The molecular formula is C15H18N4O3. The lowest BCUT2D eigenvalue weighted by Gasteiger charge is -2.10. The van der Waals surface area contributed by atoms with Gasteiger partial charge in [0.25, 0.3) is 0 Å². The van der Waals surface area contributed by atoms with Gasteiger partial charge in [-0.1, -0.05) is 49.4 Å². The monoisotopic (exact) mass is 302 g/mol. The minimum absolute atomic E-state index is 0.0549. The van der Waals surface area contributed by atoms with Gasteiger partial charge in [0.1, 0.15) is 6.54 Å².